The minimum Gasteiger partial charge on any atom is -0.358 e. The quantitative estimate of drug-likeness (QED) is 0.691. The number of imidazole rings is 1. The van der Waals surface area contributed by atoms with Gasteiger partial charge in [0.2, 0.25) is 0 Å². The van der Waals surface area contributed by atoms with Gasteiger partial charge in [0, 0.05) is 36.6 Å². The highest BCUT2D eigenvalue weighted by Gasteiger charge is 2.22. The molecule has 4 rings (SSSR count). The molecule has 1 amide bonds. The number of hydrogen-bond donors (Lipinski definition) is 2. The Labute approximate surface area is 153 Å². The third-order valence-corrected chi connectivity index (χ3v) is 5.50. The molecule has 0 fully saturated rings. The SMILES string of the molecule is Cc1nccn1CCCNC(=O)c1cccc2c3c([nH]c12)CCC(C)C3. The van der Waals surface area contributed by atoms with Crippen LogP contribution < -0.4 is 5.32 Å². The molecular weight excluding hydrogens is 324 g/mol. The van der Waals surface area contributed by atoms with E-state index in [0.717, 1.165) is 42.7 Å². The highest BCUT2D eigenvalue weighted by molar-refractivity contribution is 6.06. The average molecular weight is 350 g/mol. The molecule has 5 nitrogen and oxygen atoms in total. The highest BCUT2D eigenvalue weighted by Crippen LogP contribution is 2.32. The molecule has 0 spiro atoms. The lowest BCUT2D eigenvalue weighted by Gasteiger charge is -2.17. The van der Waals surface area contributed by atoms with Crippen molar-refractivity contribution in [2.75, 3.05) is 6.54 Å². The number of H-pyrrole nitrogens is 1. The number of amides is 1. The molecule has 1 aliphatic rings. The summed E-state index contributed by atoms with van der Waals surface area (Å²) in [5, 5.41) is 4.29. The Morgan fingerprint density at radius 2 is 2.31 bits per heavy atom. The van der Waals surface area contributed by atoms with E-state index in [-0.39, 0.29) is 5.91 Å². The zero-order valence-corrected chi connectivity index (χ0v) is 15.5. The zero-order valence-electron chi connectivity index (χ0n) is 15.5. The molecule has 0 saturated carbocycles. The molecule has 2 heterocycles. The monoisotopic (exact) mass is 350 g/mol. The number of carbonyl (C=O) groups is 1. The number of para-hydroxylation sites is 1. The van der Waals surface area contributed by atoms with Gasteiger partial charge < -0.3 is 14.9 Å². The predicted octanol–water partition coefficient (Wildman–Crippen LogP) is 3.62. The Morgan fingerprint density at radius 3 is 3.12 bits per heavy atom. The van der Waals surface area contributed by atoms with Gasteiger partial charge in [0.15, 0.2) is 0 Å². The van der Waals surface area contributed by atoms with Crippen molar-refractivity contribution >= 4 is 16.8 Å². The Kier molecular flexibility index (Phi) is 4.53. The Balaban J connectivity index is 1.46. The third-order valence-electron chi connectivity index (χ3n) is 5.50. The Morgan fingerprint density at radius 1 is 1.42 bits per heavy atom. The van der Waals surface area contributed by atoms with Crippen LogP contribution in [0.2, 0.25) is 0 Å². The van der Waals surface area contributed by atoms with E-state index < -0.39 is 0 Å². The van der Waals surface area contributed by atoms with Gasteiger partial charge in [-0.1, -0.05) is 19.1 Å². The summed E-state index contributed by atoms with van der Waals surface area (Å²) in [6, 6.07) is 6.06. The topological polar surface area (TPSA) is 62.7 Å². The molecule has 5 heteroatoms. The first kappa shape index (κ1) is 16.9. The van der Waals surface area contributed by atoms with Crippen molar-refractivity contribution in [3.63, 3.8) is 0 Å². The smallest absolute Gasteiger partial charge is 0.253 e. The van der Waals surface area contributed by atoms with E-state index in [1.807, 2.05) is 31.5 Å². The molecule has 0 aliphatic heterocycles. The lowest BCUT2D eigenvalue weighted by atomic mass is 9.87. The van der Waals surface area contributed by atoms with E-state index in [9.17, 15) is 4.79 Å². The Hall–Kier alpha value is -2.56. The fraction of sp³-hybridized carbons (Fsp3) is 0.429. The van der Waals surface area contributed by atoms with Crippen LogP contribution in [-0.4, -0.2) is 27.0 Å². The number of aromatic amines is 1. The fourth-order valence-corrected chi connectivity index (χ4v) is 3.99. The second-order valence-electron chi connectivity index (χ2n) is 7.44. The van der Waals surface area contributed by atoms with Gasteiger partial charge in [-0.05, 0) is 50.2 Å². The van der Waals surface area contributed by atoms with Gasteiger partial charge in [-0.15, -0.1) is 0 Å². The van der Waals surface area contributed by atoms with Crippen molar-refractivity contribution < 1.29 is 4.79 Å². The first-order valence-corrected chi connectivity index (χ1v) is 9.52. The van der Waals surface area contributed by atoms with Gasteiger partial charge in [-0.3, -0.25) is 4.79 Å². The van der Waals surface area contributed by atoms with Crippen LogP contribution in [0.5, 0.6) is 0 Å². The number of fused-ring (bicyclic) bond motifs is 3. The van der Waals surface area contributed by atoms with Crippen molar-refractivity contribution in [2.45, 2.75) is 46.1 Å². The van der Waals surface area contributed by atoms with E-state index >= 15 is 0 Å². The van der Waals surface area contributed by atoms with Crippen molar-refractivity contribution in [2.24, 2.45) is 5.92 Å². The fourth-order valence-electron chi connectivity index (χ4n) is 3.99. The summed E-state index contributed by atoms with van der Waals surface area (Å²) in [5.41, 5.74) is 4.47. The summed E-state index contributed by atoms with van der Waals surface area (Å²) in [4.78, 5) is 20.5. The number of carbonyl (C=O) groups excluding carboxylic acids is 1. The van der Waals surface area contributed by atoms with Crippen molar-refractivity contribution in [3.05, 3.63) is 53.2 Å². The molecular formula is C21H26N4O. The van der Waals surface area contributed by atoms with E-state index in [1.54, 1.807) is 0 Å². The van der Waals surface area contributed by atoms with Gasteiger partial charge in [-0.2, -0.15) is 0 Å². The number of aryl methyl sites for hydroxylation is 3. The molecule has 1 atom stereocenters. The molecule has 3 aromatic rings. The van der Waals surface area contributed by atoms with E-state index in [1.165, 1.54) is 23.1 Å². The van der Waals surface area contributed by atoms with Crippen LogP contribution in [0.1, 0.15) is 47.2 Å². The number of rotatable bonds is 5. The van der Waals surface area contributed by atoms with E-state index in [0.29, 0.717) is 12.5 Å². The summed E-state index contributed by atoms with van der Waals surface area (Å²) >= 11 is 0. The second-order valence-corrected chi connectivity index (χ2v) is 7.44. The average Bonchev–Trinajstić information content (AvgIpc) is 3.21. The van der Waals surface area contributed by atoms with Crippen LogP contribution >= 0.6 is 0 Å². The van der Waals surface area contributed by atoms with Crippen LogP contribution in [0.3, 0.4) is 0 Å². The molecule has 2 N–H and O–H groups in total. The van der Waals surface area contributed by atoms with Gasteiger partial charge in [0.25, 0.3) is 5.91 Å². The minimum atomic E-state index is 0.00426. The lowest BCUT2D eigenvalue weighted by Crippen LogP contribution is -2.25. The first-order chi connectivity index (χ1) is 12.6. The summed E-state index contributed by atoms with van der Waals surface area (Å²) < 4.78 is 2.10. The van der Waals surface area contributed by atoms with Crippen molar-refractivity contribution in [1.29, 1.82) is 0 Å². The van der Waals surface area contributed by atoms with Gasteiger partial charge in [0.1, 0.15) is 5.82 Å². The second kappa shape index (κ2) is 6.98. The lowest BCUT2D eigenvalue weighted by molar-refractivity contribution is 0.0954. The van der Waals surface area contributed by atoms with Crippen LogP contribution in [0.25, 0.3) is 10.9 Å². The maximum absolute atomic E-state index is 12.7. The van der Waals surface area contributed by atoms with Gasteiger partial charge >= 0.3 is 0 Å². The normalized spacial score (nSPS) is 16.6. The molecule has 136 valence electrons. The molecule has 1 aromatic carbocycles. The van der Waals surface area contributed by atoms with Gasteiger partial charge in [0.05, 0.1) is 11.1 Å². The molecule has 0 saturated heterocycles. The first-order valence-electron chi connectivity index (χ1n) is 9.52. The summed E-state index contributed by atoms with van der Waals surface area (Å²) in [6.07, 6.45) is 8.07. The largest absolute Gasteiger partial charge is 0.358 e. The standard InChI is InChI=1S/C21H26N4O/c1-14-7-8-19-18(13-14)16-5-3-6-17(20(16)24-19)21(26)23-9-4-11-25-12-10-22-15(25)2/h3,5-6,10,12,14,24H,4,7-9,11,13H2,1-2H3,(H,23,26). The molecule has 0 radical (unpaired) electrons. The van der Waals surface area contributed by atoms with Gasteiger partial charge in [-0.25, -0.2) is 4.98 Å². The minimum absolute atomic E-state index is 0.00426. The number of nitrogens with one attached hydrogen (secondary N) is 2. The van der Waals surface area contributed by atoms with Crippen LogP contribution in [0.4, 0.5) is 0 Å². The predicted molar refractivity (Wildman–Crippen MR) is 103 cm³/mol. The zero-order chi connectivity index (χ0) is 18.1. The van der Waals surface area contributed by atoms with Crippen LogP contribution in [0.15, 0.2) is 30.6 Å². The van der Waals surface area contributed by atoms with E-state index in [4.69, 9.17) is 0 Å². The summed E-state index contributed by atoms with van der Waals surface area (Å²) in [5.74, 6) is 1.72. The van der Waals surface area contributed by atoms with E-state index in [2.05, 4.69) is 32.8 Å². The Bertz CT molecular complexity index is 937. The van der Waals surface area contributed by atoms with Crippen molar-refractivity contribution in [1.82, 2.24) is 19.9 Å². The summed E-state index contributed by atoms with van der Waals surface area (Å²) in [7, 11) is 0. The van der Waals surface area contributed by atoms with Crippen LogP contribution in [-0.2, 0) is 19.4 Å². The summed E-state index contributed by atoms with van der Waals surface area (Å²) in [6.45, 7) is 5.82. The number of aromatic nitrogens is 3. The van der Waals surface area contributed by atoms with Crippen molar-refractivity contribution in [3.8, 4) is 0 Å². The highest BCUT2D eigenvalue weighted by atomic mass is 16.1. The maximum Gasteiger partial charge on any atom is 0.253 e. The molecule has 2 aromatic heterocycles. The molecule has 26 heavy (non-hydrogen) atoms. The number of nitrogens with zero attached hydrogens (tertiary/aromatic N) is 2. The molecule has 1 aliphatic carbocycles. The maximum atomic E-state index is 12.7. The number of hydrogen-bond acceptors (Lipinski definition) is 2. The molecule has 0 bridgehead atoms. The third kappa shape index (κ3) is 3.14. The van der Waals surface area contributed by atoms with Crippen LogP contribution in [0, 0.1) is 12.8 Å². The number of benzene rings is 1. The molecule has 1 unspecified atom stereocenters.